The zero-order chi connectivity index (χ0) is 87.2. The number of rotatable bonds is 12. The predicted molar refractivity (Wildman–Crippen MR) is 366 cm³/mol. The third-order valence-corrected chi connectivity index (χ3v) is 8.64. The van der Waals surface area contributed by atoms with E-state index in [0.29, 0.717) is 39.3 Å². The summed E-state index contributed by atoms with van der Waals surface area (Å²) < 4.78 is 0. The predicted octanol–water partition coefficient (Wildman–Crippen LogP) is -4.14. The largest absolute Gasteiger partial charge is 3.00 e. The molecule has 38 nitrogen and oxygen atoms in total. The van der Waals surface area contributed by atoms with Crippen molar-refractivity contribution >= 4 is 59.7 Å². The minimum absolute atomic E-state index is 0. The first-order chi connectivity index (χ1) is 44.8. The summed E-state index contributed by atoms with van der Waals surface area (Å²) in [7, 11) is 0. The topological polar surface area (TPSA) is 753 Å². The van der Waals surface area contributed by atoms with Crippen molar-refractivity contribution in [2.24, 2.45) is 54.1 Å². The third kappa shape index (κ3) is 202. The van der Waals surface area contributed by atoms with Crippen LogP contribution in [0.2, 0.25) is 0 Å². The molecular formula is C66H132Co4Dy2N8O30. The smallest absolute Gasteiger partial charge is 0.870 e. The molecule has 0 atom stereocenters. The van der Waals surface area contributed by atoms with Crippen LogP contribution in [0.1, 0.15) is 222 Å². The molecule has 0 aromatic rings. The summed E-state index contributed by atoms with van der Waals surface area (Å²) in [5.41, 5.74) is 20.3. The van der Waals surface area contributed by atoms with Gasteiger partial charge in [-0.25, -0.2) is 0 Å². The number of aliphatic carboxylic acids is 10. The van der Waals surface area contributed by atoms with Crippen LogP contribution in [0.15, 0.2) is 0 Å². The Morgan fingerprint density at radius 3 is 0.373 bits per heavy atom. The van der Waals surface area contributed by atoms with Crippen LogP contribution in [0.25, 0.3) is 31.9 Å². The average Bonchev–Trinajstić information content (AvgIpc) is 3.39. The summed E-state index contributed by atoms with van der Waals surface area (Å²) >= 11 is 0. The summed E-state index contributed by atoms with van der Waals surface area (Å²) in [6.07, 6.45) is 0. The maximum Gasteiger partial charge on any atom is 3.00 e. The van der Waals surface area contributed by atoms with Crippen molar-refractivity contribution in [3.8, 4) is 0 Å². The van der Waals surface area contributed by atoms with E-state index in [9.17, 15) is 109 Å². The Morgan fingerprint density at radius 1 is 0.282 bits per heavy atom. The quantitative estimate of drug-likeness (QED) is 0.0614. The fraction of sp³-hybridized carbons (Fsp3) is 0.848. The van der Waals surface area contributed by atoms with Gasteiger partial charge in [0.1, 0.15) is 0 Å². The fourth-order valence-corrected chi connectivity index (χ4v) is 1.47. The Bertz CT molecular complexity index is 1750. The molecule has 0 fully saturated rings. The first-order valence-corrected chi connectivity index (χ1v) is 31.2. The molecule has 0 bridgehead atoms. The maximum atomic E-state index is 10.1. The van der Waals surface area contributed by atoms with Gasteiger partial charge < -0.3 is 173 Å². The van der Waals surface area contributed by atoms with Gasteiger partial charge in [-0.15, -0.1) is 26.4 Å². The first-order valence-electron chi connectivity index (χ1n) is 31.2. The van der Waals surface area contributed by atoms with Crippen LogP contribution in [0, 0.1) is 130 Å². The van der Waals surface area contributed by atoms with Crippen molar-refractivity contribution in [2.45, 2.75) is 222 Å². The van der Waals surface area contributed by atoms with Crippen LogP contribution in [0.5, 0.6) is 0 Å². The van der Waals surface area contributed by atoms with Crippen LogP contribution >= 0.6 is 0 Å². The van der Waals surface area contributed by atoms with Gasteiger partial charge in [-0.2, -0.15) is 0 Å². The molecule has 44 heteroatoms. The Morgan fingerprint density at radius 2 is 0.345 bits per heavy atom. The zero-order valence-electron chi connectivity index (χ0n) is 70.0. The van der Waals surface area contributed by atoms with Crippen LogP contribution in [0.3, 0.4) is 0 Å². The van der Waals surface area contributed by atoms with E-state index in [1.54, 1.807) is 231 Å². The van der Waals surface area contributed by atoms with Crippen molar-refractivity contribution in [1.29, 1.82) is 0 Å². The van der Waals surface area contributed by atoms with Gasteiger partial charge in [0, 0.05) is 117 Å². The van der Waals surface area contributed by atoms with Gasteiger partial charge in [0.25, 0.3) is 0 Å². The minimum atomic E-state index is -1.01. The Kier molecular flexibility index (Phi) is 157. The molecule has 0 unspecified atom stereocenters. The molecule has 0 aliphatic rings. The SMILES string of the molecule is CC(C)(C)C(=O)O.CC(C)(C)C(=O)O.CC(C)(C)C(=O)[O-].CC(C)(C)C(=O)[O-].CC(C)(C)C(=O)[O-].CC(C)(C)C(=O)[O-].CC(C)(C)C(=O)[O-].CC(C)(C)C(=O)[O-].CC(C)(C)C(=O)[O-].CC(C)(C)C(=O)[O-].CCO.CCO.[Co+2].[Co+2].[Co+3].[Co+3].[Dy+3].[Dy+3].[N-]=[N+]=[N-].[N-]=[N+]=[N-].[O-]CCN(CC[O-])CCO.[O-]CCN(CC[O-])CCO.[OH-].[OH-]. The molecule has 110 heavy (non-hydrogen) atoms. The summed E-state index contributed by atoms with van der Waals surface area (Å²) in [5.74, 6) is -9.57. The zero-order valence-corrected chi connectivity index (χ0v) is 78.2. The second-order valence-corrected chi connectivity index (χ2v) is 30.2. The molecule has 0 spiro atoms. The molecule has 0 aliphatic heterocycles. The van der Waals surface area contributed by atoms with E-state index < -0.39 is 114 Å². The van der Waals surface area contributed by atoms with E-state index in [4.69, 9.17) is 52.8 Å². The standard InChI is InChI=1S/2C6H13NO3.10C5H10O2.2C2H6O.4Co.2Dy.2N3.2H2O/c2*8-4-1-7(2-5-9)3-6-10;10*1-5(2,3)4(6)7;2*1-2-3;;;;;;;2*1-3-2;;/h2*8H,1-6H2;10*1-3H3,(H,6,7);2*3H,2H2,1H3;;;;;;;;;2*1H2/q2*-2;;;;;;;;;;;;;2*+2;4*+3;2*-1;;/p-10. The molecule has 0 saturated carbocycles. The maximum absolute atomic E-state index is 10.1. The molecule has 0 rings (SSSR count). The molecule has 8 N–H and O–H groups in total. The Labute approximate surface area is 756 Å². The van der Waals surface area contributed by atoms with E-state index in [0.717, 1.165) is 0 Å². The number of hydrogen-bond acceptors (Lipinski definition) is 30. The van der Waals surface area contributed by atoms with Crippen LogP contribution in [-0.4, -0.2) is 203 Å². The minimum Gasteiger partial charge on any atom is -0.870 e. The van der Waals surface area contributed by atoms with Gasteiger partial charge in [-0.1, -0.05) is 166 Å². The number of carbonyl (C=O) groups is 10. The third-order valence-electron chi connectivity index (χ3n) is 8.64. The van der Waals surface area contributed by atoms with Gasteiger partial charge in [-0.3, -0.25) is 19.4 Å². The normalized spacial score (nSPS) is 9.62. The van der Waals surface area contributed by atoms with Crippen molar-refractivity contribution in [3.05, 3.63) is 31.9 Å². The van der Waals surface area contributed by atoms with Gasteiger partial charge in [0.2, 0.25) is 0 Å². The number of carboxylic acids is 10. The average molecular weight is 2080 g/mol. The van der Waals surface area contributed by atoms with Crippen molar-refractivity contribution in [2.75, 3.05) is 92.1 Å². The number of aliphatic hydroxyl groups excluding tert-OH is 4. The summed E-state index contributed by atoms with van der Waals surface area (Å²) in [5, 5.41) is 168. The van der Waals surface area contributed by atoms with E-state index in [1.165, 1.54) is 9.82 Å². The molecule has 0 heterocycles. The number of aliphatic hydroxyl groups is 4. The van der Waals surface area contributed by atoms with Crippen molar-refractivity contribution < 1.29 is 294 Å². The monoisotopic (exact) mass is 2080 g/mol. The number of hydrogen-bond donors (Lipinski definition) is 6. The molecule has 0 saturated heterocycles. The summed E-state index contributed by atoms with van der Waals surface area (Å²) in [6.45, 7) is 53.7. The number of carbonyl (C=O) groups excluding carboxylic acids is 8. The van der Waals surface area contributed by atoms with Crippen LogP contribution in [0.4, 0.5) is 0 Å². The van der Waals surface area contributed by atoms with Gasteiger partial charge in [0.05, 0.1) is 24.0 Å². The van der Waals surface area contributed by atoms with E-state index >= 15 is 0 Å². The van der Waals surface area contributed by atoms with Gasteiger partial charge in [-0.05, 0) is 81.6 Å². The Balaban J connectivity index is -0.0000000327. The molecule has 0 aromatic carbocycles. The number of carboxylic acid groups (broad SMARTS) is 10. The molecule has 0 aromatic heterocycles. The second-order valence-electron chi connectivity index (χ2n) is 30.2. The van der Waals surface area contributed by atoms with Crippen LogP contribution in [-0.2, 0) is 115 Å². The van der Waals surface area contributed by atoms with Gasteiger partial charge >= 0.3 is 155 Å². The van der Waals surface area contributed by atoms with Crippen molar-refractivity contribution in [3.63, 3.8) is 0 Å². The summed E-state index contributed by atoms with van der Waals surface area (Å²) in [4.78, 5) is 106. The molecule has 672 valence electrons. The van der Waals surface area contributed by atoms with E-state index in [-0.39, 0.29) is 207 Å². The second kappa shape index (κ2) is 98.8. The van der Waals surface area contributed by atoms with E-state index in [2.05, 4.69) is 0 Å². The molecule has 4 radical (unpaired) electrons. The fourth-order valence-electron chi connectivity index (χ4n) is 1.47. The molecule has 0 aliphatic carbocycles. The first kappa shape index (κ1) is 175. The van der Waals surface area contributed by atoms with E-state index in [1.807, 2.05) is 0 Å². The van der Waals surface area contributed by atoms with Crippen molar-refractivity contribution in [1.82, 2.24) is 9.80 Å². The number of nitrogens with zero attached hydrogens (tertiary/aromatic N) is 8. The molecule has 0 amide bonds. The Hall–Kier alpha value is -2.59. The molecular weight excluding hydrogens is 1950 g/mol. The van der Waals surface area contributed by atoms with Crippen LogP contribution < -0.4 is 61.3 Å². The summed E-state index contributed by atoms with van der Waals surface area (Å²) in [6, 6.07) is 0. The van der Waals surface area contributed by atoms with Gasteiger partial charge in [0.15, 0.2) is 0 Å².